The van der Waals surface area contributed by atoms with Gasteiger partial charge in [-0.1, -0.05) is 24.3 Å². The molecule has 1 unspecified atom stereocenters. The van der Waals surface area contributed by atoms with Gasteiger partial charge >= 0.3 is 13.6 Å². The van der Waals surface area contributed by atoms with E-state index >= 15 is 0 Å². The van der Waals surface area contributed by atoms with Crippen LogP contribution in [-0.2, 0) is 9.36 Å². The maximum absolute atomic E-state index is 11.3. The summed E-state index contributed by atoms with van der Waals surface area (Å²) in [6.07, 6.45) is 1.15. The largest absolute Gasteiger partial charge is 0.480 e. The van der Waals surface area contributed by atoms with E-state index in [9.17, 15) is 19.1 Å². The molecule has 0 saturated carbocycles. The Balaban J connectivity index is 3.11. The van der Waals surface area contributed by atoms with Crippen molar-refractivity contribution in [2.75, 3.05) is 11.9 Å². The molecule has 0 fully saturated rings. The number of anilines is 1. The number of benzene rings is 1. The number of allylic oxidation sites excluding steroid dienone is 1. The summed E-state index contributed by atoms with van der Waals surface area (Å²) < 4.78 is 11.3. The van der Waals surface area contributed by atoms with Crippen molar-refractivity contribution in [2.24, 2.45) is 0 Å². The molecule has 0 spiro atoms. The highest BCUT2D eigenvalue weighted by Gasteiger charge is 2.29. The molecule has 1 aromatic carbocycles. The zero-order valence-electron chi connectivity index (χ0n) is 9.48. The van der Waals surface area contributed by atoms with Crippen LogP contribution >= 0.6 is 7.60 Å². The van der Waals surface area contributed by atoms with Crippen LogP contribution in [0.5, 0.6) is 0 Å². The lowest BCUT2D eigenvalue weighted by molar-refractivity contribution is -0.134. The lowest BCUT2D eigenvalue weighted by atomic mass is 10.1. The normalized spacial score (nSPS) is 12.8. The molecule has 0 saturated heterocycles. The zero-order chi connectivity index (χ0) is 13.8. The monoisotopic (exact) mass is 271 g/mol. The Hall–Kier alpha value is -1.62. The van der Waals surface area contributed by atoms with E-state index in [4.69, 9.17) is 5.11 Å². The highest BCUT2D eigenvalue weighted by molar-refractivity contribution is 7.52. The second-order valence-corrected chi connectivity index (χ2v) is 5.34. The number of para-hydroxylation sites is 1. The smallest absolute Gasteiger partial charge is 0.336 e. The summed E-state index contributed by atoms with van der Waals surface area (Å²) in [6.45, 7) is 3.07. The minimum absolute atomic E-state index is 0.321. The van der Waals surface area contributed by atoms with Crippen LogP contribution in [-0.4, -0.2) is 27.4 Å². The molecular weight excluding hydrogens is 257 g/mol. The van der Waals surface area contributed by atoms with Crippen LogP contribution in [0.3, 0.4) is 0 Å². The Labute approximate surface area is 104 Å². The quantitative estimate of drug-likeness (QED) is 0.462. The van der Waals surface area contributed by atoms with E-state index in [1.165, 1.54) is 6.07 Å². The van der Waals surface area contributed by atoms with Crippen molar-refractivity contribution < 1.29 is 24.3 Å². The highest BCUT2D eigenvalue weighted by Crippen LogP contribution is 2.53. The topological polar surface area (TPSA) is 107 Å². The predicted octanol–water partition coefficient (Wildman–Crippen LogP) is 1.59. The maximum Gasteiger partial charge on any atom is 0.336 e. The number of nitrogens with one attached hydrogen (secondary N) is 1. The molecule has 0 bridgehead atoms. The summed E-state index contributed by atoms with van der Waals surface area (Å²) in [4.78, 5) is 28.9. The predicted molar refractivity (Wildman–Crippen MR) is 67.5 cm³/mol. The van der Waals surface area contributed by atoms with Crippen LogP contribution in [0.4, 0.5) is 5.69 Å². The van der Waals surface area contributed by atoms with Gasteiger partial charge in [-0.05, 0) is 11.6 Å². The van der Waals surface area contributed by atoms with E-state index in [1.54, 1.807) is 18.2 Å². The van der Waals surface area contributed by atoms with Crippen molar-refractivity contribution in [2.45, 2.75) is 5.66 Å². The van der Waals surface area contributed by atoms with Gasteiger partial charge in [0.1, 0.15) is 12.2 Å². The van der Waals surface area contributed by atoms with Gasteiger partial charge in [0.15, 0.2) is 0 Å². The van der Waals surface area contributed by atoms with Crippen molar-refractivity contribution in [3.05, 3.63) is 42.5 Å². The Bertz CT molecular complexity index is 496. The molecule has 0 amide bonds. The van der Waals surface area contributed by atoms with E-state index < -0.39 is 19.2 Å². The minimum Gasteiger partial charge on any atom is -0.480 e. The number of carboxylic acids is 1. The second kappa shape index (κ2) is 5.82. The summed E-state index contributed by atoms with van der Waals surface area (Å²) in [6, 6.07) is 6.35. The molecule has 0 aliphatic carbocycles. The van der Waals surface area contributed by atoms with E-state index in [-0.39, 0.29) is 6.54 Å². The fourth-order valence-corrected chi connectivity index (χ4v) is 2.39. The van der Waals surface area contributed by atoms with Gasteiger partial charge in [-0.25, -0.2) is 0 Å². The molecule has 1 aromatic rings. The standard InChI is InChI=1S/C11H14NO5P/c1-2-10(18(15,16)17)8-5-3-4-6-9(8)12-7-11(13)14/h2-6,10,12H,1,7H2,(H,13,14)(H2,15,16,17). The third kappa shape index (κ3) is 3.70. The minimum atomic E-state index is -4.38. The van der Waals surface area contributed by atoms with Gasteiger partial charge in [0.25, 0.3) is 0 Å². The average molecular weight is 271 g/mol. The molecule has 0 radical (unpaired) electrons. The summed E-state index contributed by atoms with van der Waals surface area (Å²) in [7, 11) is -4.38. The molecular formula is C11H14NO5P. The van der Waals surface area contributed by atoms with E-state index in [0.717, 1.165) is 6.08 Å². The van der Waals surface area contributed by atoms with Gasteiger partial charge in [-0.15, -0.1) is 6.58 Å². The number of rotatable bonds is 6. The molecule has 98 valence electrons. The molecule has 6 nitrogen and oxygen atoms in total. The van der Waals surface area contributed by atoms with Crippen LogP contribution in [0.15, 0.2) is 36.9 Å². The van der Waals surface area contributed by atoms with Crippen molar-refractivity contribution in [3.8, 4) is 0 Å². The first kappa shape index (κ1) is 14.4. The van der Waals surface area contributed by atoms with Gasteiger partial charge in [0.05, 0.1) is 0 Å². The molecule has 0 aliphatic heterocycles. The Kier molecular flexibility index (Phi) is 4.67. The molecule has 4 N–H and O–H groups in total. The first-order chi connectivity index (χ1) is 8.36. The Morgan fingerprint density at radius 3 is 2.56 bits per heavy atom. The summed E-state index contributed by atoms with van der Waals surface area (Å²) in [5.41, 5.74) is -0.467. The highest BCUT2D eigenvalue weighted by atomic mass is 31.2. The molecule has 7 heteroatoms. The van der Waals surface area contributed by atoms with Crippen LogP contribution in [0.25, 0.3) is 0 Å². The SMILES string of the molecule is C=CC(c1ccccc1NCC(=O)O)P(=O)(O)O. The molecule has 0 aromatic heterocycles. The third-order valence-corrected chi connectivity index (χ3v) is 3.51. The second-order valence-electron chi connectivity index (χ2n) is 3.60. The number of aliphatic carboxylic acids is 1. The Morgan fingerprint density at radius 2 is 2.06 bits per heavy atom. The van der Waals surface area contributed by atoms with E-state index in [2.05, 4.69) is 11.9 Å². The number of hydrogen-bond acceptors (Lipinski definition) is 3. The molecule has 1 rings (SSSR count). The average Bonchev–Trinajstić information content (AvgIpc) is 2.26. The van der Waals surface area contributed by atoms with Crippen molar-refractivity contribution in [1.82, 2.24) is 0 Å². The maximum atomic E-state index is 11.3. The summed E-state index contributed by atoms with van der Waals surface area (Å²) >= 11 is 0. The van der Waals surface area contributed by atoms with Crippen LogP contribution in [0, 0.1) is 0 Å². The van der Waals surface area contributed by atoms with Crippen LogP contribution in [0.2, 0.25) is 0 Å². The third-order valence-electron chi connectivity index (χ3n) is 2.30. The molecule has 18 heavy (non-hydrogen) atoms. The molecule has 0 heterocycles. The molecule has 1 atom stereocenters. The number of carbonyl (C=O) groups is 1. The summed E-state index contributed by atoms with van der Waals surface area (Å²) in [5, 5.41) is 11.2. The zero-order valence-corrected chi connectivity index (χ0v) is 10.4. The van der Waals surface area contributed by atoms with Gasteiger partial charge < -0.3 is 20.2 Å². The van der Waals surface area contributed by atoms with Crippen molar-refractivity contribution >= 4 is 19.3 Å². The van der Waals surface area contributed by atoms with Crippen molar-refractivity contribution in [1.29, 1.82) is 0 Å². The number of hydrogen-bond donors (Lipinski definition) is 4. The van der Waals surface area contributed by atoms with Gasteiger partial charge in [0.2, 0.25) is 0 Å². The van der Waals surface area contributed by atoms with Gasteiger partial charge in [0, 0.05) is 5.69 Å². The fourth-order valence-electron chi connectivity index (χ4n) is 1.53. The van der Waals surface area contributed by atoms with Crippen LogP contribution in [0.1, 0.15) is 11.2 Å². The first-order valence-electron chi connectivity index (χ1n) is 5.08. The summed E-state index contributed by atoms with van der Waals surface area (Å²) in [5.74, 6) is -1.06. The lowest BCUT2D eigenvalue weighted by Gasteiger charge is -2.18. The fraction of sp³-hybridized carbons (Fsp3) is 0.182. The van der Waals surface area contributed by atoms with E-state index in [0.29, 0.717) is 11.3 Å². The van der Waals surface area contributed by atoms with Gasteiger partial charge in [-0.3, -0.25) is 9.36 Å². The van der Waals surface area contributed by atoms with Crippen LogP contribution < -0.4 is 5.32 Å². The Morgan fingerprint density at radius 1 is 1.44 bits per heavy atom. The lowest BCUT2D eigenvalue weighted by Crippen LogP contribution is -2.14. The number of carboxylic acid groups (broad SMARTS) is 1. The van der Waals surface area contributed by atoms with Gasteiger partial charge in [-0.2, -0.15) is 0 Å². The molecule has 0 aliphatic rings. The van der Waals surface area contributed by atoms with E-state index in [1.807, 2.05) is 0 Å². The first-order valence-corrected chi connectivity index (χ1v) is 6.76. The van der Waals surface area contributed by atoms with Crippen molar-refractivity contribution in [3.63, 3.8) is 0 Å².